The number of aryl methyl sites for hydroxylation is 2. The largest absolute Gasteiger partial charge is 0.481 e. The third-order valence-corrected chi connectivity index (χ3v) is 5.59. The van der Waals surface area contributed by atoms with Gasteiger partial charge in [0.2, 0.25) is 0 Å². The van der Waals surface area contributed by atoms with Crippen LogP contribution in [0.2, 0.25) is 5.02 Å². The second-order valence-electron chi connectivity index (χ2n) is 5.84. The van der Waals surface area contributed by atoms with Crippen LogP contribution in [-0.4, -0.2) is 20.2 Å². The molecular formula is C18H17ClN2O4S. The lowest BCUT2D eigenvalue weighted by Gasteiger charge is -2.11. The van der Waals surface area contributed by atoms with Gasteiger partial charge in [0.05, 0.1) is 11.1 Å². The first-order valence-electron chi connectivity index (χ1n) is 8.18. The fourth-order valence-corrected chi connectivity index (χ4v) is 4.09. The van der Waals surface area contributed by atoms with Gasteiger partial charge in [-0.3, -0.25) is 14.2 Å². The summed E-state index contributed by atoms with van der Waals surface area (Å²) in [6.07, 6.45) is 1.01. The number of carbonyl (C=O) groups is 1. The lowest BCUT2D eigenvalue weighted by molar-refractivity contribution is -0.137. The molecular weight excluding hydrogens is 376 g/mol. The number of benzene rings is 1. The third kappa shape index (κ3) is 3.45. The minimum atomic E-state index is -0.919. The van der Waals surface area contributed by atoms with E-state index in [1.54, 1.807) is 30.3 Å². The molecule has 8 heteroatoms. The Morgan fingerprint density at radius 3 is 2.69 bits per heavy atom. The quantitative estimate of drug-likeness (QED) is 0.697. The molecule has 26 heavy (non-hydrogen) atoms. The smallest absolute Gasteiger partial charge is 0.336 e. The van der Waals surface area contributed by atoms with Gasteiger partial charge in [0.25, 0.3) is 5.56 Å². The van der Waals surface area contributed by atoms with E-state index in [9.17, 15) is 14.4 Å². The summed E-state index contributed by atoms with van der Waals surface area (Å²) >= 11 is 7.41. The van der Waals surface area contributed by atoms with Crippen molar-refractivity contribution in [1.29, 1.82) is 0 Å². The van der Waals surface area contributed by atoms with Crippen molar-refractivity contribution in [3.8, 4) is 5.69 Å². The zero-order valence-electron chi connectivity index (χ0n) is 14.1. The number of aromatic nitrogens is 2. The van der Waals surface area contributed by atoms with Crippen molar-refractivity contribution in [1.82, 2.24) is 9.13 Å². The van der Waals surface area contributed by atoms with E-state index < -0.39 is 17.2 Å². The highest BCUT2D eigenvalue weighted by molar-refractivity contribution is 7.18. The number of carboxylic acids is 1. The first-order valence-corrected chi connectivity index (χ1v) is 9.37. The summed E-state index contributed by atoms with van der Waals surface area (Å²) in [6.45, 7) is 2.21. The minimum Gasteiger partial charge on any atom is -0.481 e. The predicted molar refractivity (Wildman–Crippen MR) is 103 cm³/mol. The average Bonchev–Trinajstić information content (AvgIpc) is 3.02. The van der Waals surface area contributed by atoms with Crippen LogP contribution >= 0.6 is 22.9 Å². The standard InChI is InChI=1S/C18H17ClN2O4S/c1-2-13-10-14-16(24)21(12-6-3-5-11(19)9-12)18(25)20(17(14)26-13)8-4-7-15(22)23/h3,5-6,9-10H,2,4,7-8H2,1H3,(H,22,23). The number of carboxylic acid groups (broad SMARTS) is 1. The maximum Gasteiger partial charge on any atom is 0.336 e. The van der Waals surface area contributed by atoms with Gasteiger partial charge in [0, 0.05) is 22.9 Å². The summed E-state index contributed by atoms with van der Waals surface area (Å²) in [5.41, 5.74) is -0.483. The lowest BCUT2D eigenvalue weighted by atomic mass is 10.2. The number of nitrogens with zero attached hydrogens (tertiary/aromatic N) is 2. The number of thiophene rings is 1. The summed E-state index contributed by atoms with van der Waals surface area (Å²) in [7, 11) is 0. The molecule has 0 bridgehead atoms. The zero-order chi connectivity index (χ0) is 18.8. The molecule has 2 heterocycles. The molecule has 136 valence electrons. The molecule has 0 fully saturated rings. The summed E-state index contributed by atoms with van der Waals surface area (Å²) in [4.78, 5) is 38.4. The second kappa shape index (κ2) is 7.47. The highest BCUT2D eigenvalue weighted by Gasteiger charge is 2.17. The first-order chi connectivity index (χ1) is 12.4. The predicted octanol–water partition coefficient (Wildman–Crippen LogP) is 3.29. The molecule has 0 saturated carbocycles. The van der Waals surface area contributed by atoms with Crippen LogP contribution in [0.25, 0.3) is 15.9 Å². The van der Waals surface area contributed by atoms with Crippen LogP contribution in [0.5, 0.6) is 0 Å². The highest BCUT2D eigenvalue weighted by Crippen LogP contribution is 2.23. The molecule has 1 N–H and O–H groups in total. The van der Waals surface area contributed by atoms with Crippen molar-refractivity contribution in [2.24, 2.45) is 0 Å². The number of fused-ring (bicyclic) bond motifs is 1. The van der Waals surface area contributed by atoms with Crippen LogP contribution in [0.15, 0.2) is 39.9 Å². The Kier molecular flexibility index (Phi) is 5.29. The number of hydrogen-bond acceptors (Lipinski definition) is 4. The SMILES string of the molecule is CCc1cc2c(=O)n(-c3cccc(Cl)c3)c(=O)n(CCCC(=O)O)c2s1. The fraction of sp³-hybridized carbons (Fsp3) is 0.278. The van der Waals surface area contributed by atoms with Crippen molar-refractivity contribution in [3.63, 3.8) is 0 Å². The van der Waals surface area contributed by atoms with Gasteiger partial charge in [-0.2, -0.15) is 0 Å². The molecule has 0 saturated heterocycles. The van der Waals surface area contributed by atoms with Crippen LogP contribution < -0.4 is 11.2 Å². The molecule has 0 atom stereocenters. The van der Waals surface area contributed by atoms with Crippen molar-refractivity contribution < 1.29 is 9.90 Å². The Balaban J connectivity index is 2.26. The van der Waals surface area contributed by atoms with Crippen LogP contribution in [0.4, 0.5) is 0 Å². The Hall–Kier alpha value is -2.38. The van der Waals surface area contributed by atoms with Crippen molar-refractivity contribution in [3.05, 3.63) is 61.1 Å². The molecule has 0 aliphatic heterocycles. The van der Waals surface area contributed by atoms with E-state index in [-0.39, 0.29) is 13.0 Å². The van der Waals surface area contributed by atoms with E-state index in [2.05, 4.69) is 0 Å². The monoisotopic (exact) mass is 392 g/mol. The van der Waals surface area contributed by atoms with Crippen molar-refractivity contribution in [2.45, 2.75) is 32.7 Å². The van der Waals surface area contributed by atoms with Crippen molar-refractivity contribution in [2.75, 3.05) is 0 Å². The van der Waals surface area contributed by atoms with Crippen LogP contribution in [0, 0.1) is 0 Å². The van der Waals surface area contributed by atoms with E-state index in [4.69, 9.17) is 16.7 Å². The van der Waals surface area contributed by atoms with E-state index in [1.165, 1.54) is 15.9 Å². The van der Waals surface area contributed by atoms with Gasteiger partial charge in [0.1, 0.15) is 4.83 Å². The van der Waals surface area contributed by atoms with Gasteiger partial charge in [-0.25, -0.2) is 9.36 Å². The fourth-order valence-electron chi connectivity index (χ4n) is 2.80. The maximum atomic E-state index is 13.0. The van der Waals surface area contributed by atoms with Gasteiger partial charge < -0.3 is 5.11 Å². The molecule has 3 rings (SSSR count). The Bertz CT molecular complexity index is 1100. The maximum absolute atomic E-state index is 13.0. The van der Waals surface area contributed by atoms with E-state index in [1.807, 2.05) is 6.92 Å². The molecule has 0 aliphatic carbocycles. The van der Waals surface area contributed by atoms with Gasteiger partial charge in [-0.05, 0) is 37.1 Å². The van der Waals surface area contributed by atoms with Gasteiger partial charge in [-0.1, -0.05) is 24.6 Å². The summed E-state index contributed by atoms with van der Waals surface area (Å²) in [5, 5.41) is 9.75. The molecule has 6 nitrogen and oxygen atoms in total. The zero-order valence-corrected chi connectivity index (χ0v) is 15.6. The lowest BCUT2D eigenvalue weighted by Crippen LogP contribution is -2.38. The first kappa shape index (κ1) is 18.4. The second-order valence-corrected chi connectivity index (χ2v) is 7.39. The number of aliphatic carboxylic acids is 1. The summed E-state index contributed by atoms with van der Waals surface area (Å²) in [6, 6.07) is 8.35. The molecule has 0 unspecified atom stereocenters. The summed E-state index contributed by atoms with van der Waals surface area (Å²) < 4.78 is 2.59. The normalized spacial score (nSPS) is 11.2. The molecule has 0 spiro atoms. The van der Waals surface area contributed by atoms with Gasteiger partial charge >= 0.3 is 11.7 Å². The number of halogens is 1. The Morgan fingerprint density at radius 2 is 2.04 bits per heavy atom. The Morgan fingerprint density at radius 1 is 1.27 bits per heavy atom. The minimum absolute atomic E-state index is 0.0454. The Labute approximate surface area is 157 Å². The van der Waals surface area contributed by atoms with E-state index >= 15 is 0 Å². The van der Waals surface area contributed by atoms with Crippen molar-refractivity contribution >= 4 is 39.1 Å². The van der Waals surface area contributed by atoms with E-state index in [0.29, 0.717) is 27.3 Å². The van der Waals surface area contributed by atoms with Gasteiger partial charge in [-0.15, -0.1) is 11.3 Å². The number of hydrogen-bond donors (Lipinski definition) is 1. The highest BCUT2D eigenvalue weighted by atomic mass is 35.5. The summed E-state index contributed by atoms with van der Waals surface area (Å²) in [5.74, 6) is -0.919. The molecule has 3 aromatic rings. The van der Waals surface area contributed by atoms with Gasteiger partial charge in [0.15, 0.2) is 0 Å². The van der Waals surface area contributed by atoms with Crippen LogP contribution in [-0.2, 0) is 17.8 Å². The average molecular weight is 393 g/mol. The van der Waals surface area contributed by atoms with Crippen LogP contribution in [0.1, 0.15) is 24.6 Å². The van der Waals surface area contributed by atoms with E-state index in [0.717, 1.165) is 15.9 Å². The molecule has 2 aromatic heterocycles. The number of rotatable bonds is 6. The molecule has 0 amide bonds. The molecule has 1 aromatic carbocycles. The molecule has 0 aliphatic rings. The third-order valence-electron chi connectivity index (χ3n) is 4.05. The topological polar surface area (TPSA) is 81.3 Å². The molecule has 0 radical (unpaired) electrons. The van der Waals surface area contributed by atoms with Crippen LogP contribution in [0.3, 0.4) is 0 Å².